The number of nitrogens with two attached hydrogens (primary N) is 1. The summed E-state index contributed by atoms with van der Waals surface area (Å²) in [6.07, 6.45) is 2.09. The van der Waals surface area contributed by atoms with Crippen molar-refractivity contribution in [2.75, 3.05) is 0 Å². The molecule has 0 saturated heterocycles. The van der Waals surface area contributed by atoms with E-state index in [0.29, 0.717) is 0 Å². The number of rotatable bonds is 4. The van der Waals surface area contributed by atoms with Crippen LogP contribution in [0.15, 0.2) is 33.4 Å². The van der Waals surface area contributed by atoms with E-state index < -0.39 is 0 Å². The standard InChI is InChI=1S/C11H12BrNS2/c12-9-5-7-15-11(9)10(13)4-3-8-2-1-6-14-8/h1-2,5-7,10H,3-4,13H2. The Bertz CT molecular complexity index is 408. The van der Waals surface area contributed by atoms with Crippen molar-refractivity contribution in [2.45, 2.75) is 18.9 Å². The fourth-order valence-electron chi connectivity index (χ4n) is 1.45. The molecule has 4 heteroatoms. The molecule has 2 heterocycles. The average Bonchev–Trinajstić information content (AvgIpc) is 2.84. The van der Waals surface area contributed by atoms with E-state index in [9.17, 15) is 0 Å². The van der Waals surface area contributed by atoms with Gasteiger partial charge in [-0.3, -0.25) is 0 Å². The highest BCUT2D eigenvalue weighted by Crippen LogP contribution is 2.30. The van der Waals surface area contributed by atoms with E-state index in [2.05, 4.69) is 44.9 Å². The van der Waals surface area contributed by atoms with Crippen LogP contribution in [-0.2, 0) is 6.42 Å². The van der Waals surface area contributed by atoms with E-state index in [-0.39, 0.29) is 6.04 Å². The number of halogens is 1. The SMILES string of the molecule is NC(CCc1cccs1)c1sccc1Br. The molecule has 0 radical (unpaired) electrons. The predicted molar refractivity (Wildman–Crippen MR) is 71.6 cm³/mol. The summed E-state index contributed by atoms with van der Waals surface area (Å²) in [7, 11) is 0. The van der Waals surface area contributed by atoms with Crippen molar-refractivity contribution in [1.82, 2.24) is 0 Å². The summed E-state index contributed by atoms with van der Waals surface area (Å²) in [5.41, 5.74) is 6.14. The second-order valence-corrected chi connectivity index (χ2v) is 6.19. The van der Waals surface area contributed by atoms with Gasteiger partial charge in [-0.05, 0) is 51.7 Å². The van der Waals surface area contributed by atoms with Gasteiger partial charge in [-0.2, -0.15) is 0 Å². The summed E-state index contributed by atoms with van der Waals surface area (Å²) in [5.74, 6) is 0. The highest BCUT2D eigenvalue weighted by Gasteiger charge is 2.11. The Morgan fingerprint density at radius 2 is 2.13 bits per heavy atom. The lowest BCUT2D eigenvalue weighted by Gasteiger charge is -2.09. The molecule has 0 saturated carbocycles. The van der Waals surface area contributed by atoms with Crippen LogP contribution in [0.2, 0.25) is 0 Å². The van der Waals surface area contributed by atoms with Gasteiger partial charge in [-0.15, -0.1) is 22.7 Å². The fraction of sp³-hybridized carbons (Fsp3) is 0.273. The molecule has 80 valence electrons. The van der Waals surface area contributed by atoms with Crippen LogP contribution in [0.3, 0.4) is 0 Å². The second-order valence-electron chi connectivity index (χ2n) is 3.36. The van der Waals surface area contributed by atoms with Gasteiger partial charge in [-0.1, -0.05) is 6.07 Å². The summed E-state index contributed by atoms with van der Waals surface area (Å²) >= 11 is 7.05. The first kappa shape index (κ1) is 11.3. The summed E-state index contributed by atoms with van der Waals surface area (Å²) in [4.78, 5) is 2.67. The zero-order valence-corrected chi connectivity index (χ0v) is 11.4. The topological polar surface area (TPSA) is 26.0 Å². The molecular weight excluding hydrogens is 290 g/mol. The molecule has 2 N–H and O–H groups in total. The molecule has 1 nitrogen and oxygen atoms in total. The van der Waals surface area contributed by atoms with Crippen LogP contribution < -0.4 is 5.73 Å². The Hall–Kier alpha value is -0.160. The van der Waals surface area contributed by atoms with Gasteiger partial charge in [0.1, 0.15) is 0 Å². The van der Waals surface area contributed by atoms with Gasteiger partial charge >= 0.3 is 0 Å². The summed E-state index contributed by atoms with van der Waals surface area (Å²) < 4.78 is 1.14. The lowest BCUT2D eigenvalue weighted by molar-refractivity contribution is 0.664. The molecule has 0 amide bonds. The molecule has 15 heavy (non-hydrogen) atoms. The molecule has 0 aromatic carbocycles. The van der Waals surface area contributed by atoms with Crippen LogP contribution in [-0.4, -0.2) is 0 Å². The highest BCUT2D eigenvalue weighted by atomic mass is 79.9. The van der Waals surface area contributed by atoms with E-state index in [4.69, 9.17) is 5.73 Å². The summed E-state index contributed by atoms with van der Waals surface area (Å²) in [6.45, 7) is 0. The average molecular weight is 302 g/mol. The van der Waals surface area contributed by atoms with Gasteiger partial charge in [0, 0.05) is 20.3 Å². The third kappa shape index (κ3) is 2.91. The van der Waals surface area contributed by atoms with Crippen molar-refractivity contribution in [2.24, 2.45) is 5.73 Å². The monoisotopic (exact) mass is 301 g/mol. The quantitative estimate of drug-likeness (QED) is 0.899. The first-order valence-corrected chi connectivity index (χ1v) is 7.33. The molecule has 0 aliphatic rings. The third-order valence-corrected chi connectivity index (χ3v) is 5.20. The zero-order chi connectivity index (χ0) is 10.7. The van der Waals surface area contributed by atoms with Crippen LogP contribution in [0.5, 0.6) is 0 Å². The lowest BCUT2D eigenvalue weighted by Crippen LogP contribution is -2.09. The number of thiophene rings is 2. The molecule has 0 fully saturated rings. The van der Waals surface area contributed by atoms with Crippen molar-refractivity contribution < 1.29 is 0 Å². The molecule has 1 unspecified atom stereocenters. The minimum atomic E-state index is 0.154. The number of hydrogen-bond acceptors (Lipinski definition) is 3. The normalized spacial score (nSPS) is 12.9. The summed E-state index contributed by atoms with van der Waals surface area (Å²) in [5, 5.41) is 4.19. The van der Waals surface area contributed by atoms with Crippen molar-refractivity contribution in [3.8, 4) is 0 Å². The van der Waals surface area contributed by atoms with Crippen molar-refractivity contribution in [3.05, 3.63) is 43.2 Å². The smallest absolute Gasteiger partial charge is 0.0404 e. The van der Waals surface area contributed by atoms with Crippen LogP contribution in [0, 0.1) is 0 Å². The van der Waals surface area contributed by atoms with Crippen molar-refractivity contribution >= 4 is 38.6 Å². The van der Waals surface area contributed by atoms with Gasteiger partial charge in [-0.25, -0.2) is 0 Å². The Labute approximate surface area is 106 Å². The Kier molecular flexibility index (Phi) is 3.97. The van der Waals surface area contributed by atoms with E-state index in [1.807, 2.05) is 0 Å². The van der Waals surface area contributed by atoms with E-state index in [1.165, 1.54) is 9.75 Å². The number of aryl methyl sites for hydroxylation is 1. The molecule has 1 atom stereocenters. The molecule has 0 bridgehead atoms. The van der Waals surface area contributed by atoms with Crippen LogP contribution >= 0.6 is 38.6 Å². The third-order valence-electron chi connectivity index (χ3n) is 2.26. The predicted octanol–water partition coefficient (Wildman–Crippen LogP) is 4.20. The molecular formula is C11H12BrNS2. The molecule has 0 aliphatic heterocycles. The number of hydrogen-bond donors (Lipinski definition) is 1. The molecule has 0 spiro atoms. The first-order chi connectivity index (χ1) is 7.27. The van der Waals surface area contributed by atoms with Crippen LogP contribution in [0.25, 0.3) is 0 Å². The van der Waals surface area contributed by atoms with E-state index in [0.717, 1.165) is 17.3 Å². The minimum Gasteiger partial charge on any atom is -0.323 e. The van der Waals surface area contributed by atoms with Gasteiger partial charge in [0.15, 0.2) is 0 Å². The molecule has 2 aromatic heterocycles. The molecule has 0 aliphatic carbocycles. The zero-order valence-electron chi connectivity index (χ0n) is 8.15. The Morgan fingerprint density at radius 3 is 2.73 bits per heavy atom. The fourth-order valence-corrected chi connectivity index (χ4v) is 3.88. The maximum Gasteiger partial charge on any atom is 0.0404 e. The van der Waals surface area contributed by atoms with Crippen molar-refractivity contribution in [1.29, 1.82) is 0 Å². The molecule has 2 aromatic rings. The van der Waals surface area contributed by atoms with Crippen LogP contribution in [0.1, 0.15) is 22.2 Å². The van der Waals surface area contributed by atoms with E-state index >= 15 is 0 Å². The maximum atomic E-state index is 6.14. The Morgan fingerprint density at radius 1 is 1.27 bits per heavy atom. The highest BCUT2D eigenvalue weighted by molar-refractivity contribution is 9.10. The van der Waals surface area contributed by atoms with Crippen LogP contribution in [0.4, 0.5) is 0 Å². The largest absolute Gasteiger partial charge is 0.323 e. The van der Waals surface area contributed by atoms with Crippen molar-refractivity contribution in [3.63, 3.8) is 0 Å². The molecule has 2 rings (SSSR count). The van der Waals surface area contributed by atoms with Gasteiger partial charge < -0.3 is 5.73 Å². The Balaban J connectivity index is 1.93. The summed E-state index contributed by atoms with van der Waals surface area (Å²) in [6, 6.07) is 6.47. The first-order valence-electron chi connectivity index (χ1n) is 4.78. The minimum absolute atomic E-state index is 0.154. The lowest BCUT2D eigenvalue weighted by atomic mass is 10.1. The van der Waals surface area contributed by atoms with Gasteiger partial charge in [0.25, 0.3) is 0 Å². The van der Waals surface area contributed by atoms with E-state index in [1.54, 1.807) is 22.7 Å². The van der Waals surface area contributed by atoms with Gasteiger partial charge in [0.2, 0.25) is 0 Å². The maximum absolute atomic E-state index is 6.14. The van der Waals surface area contributed by atoms with Gasteiger partial charge in [0.05, 0.1) is 0 Å². The second kappa shape index (κ2) is 5.25.